The number of ether oxygens (including phenoxy) is 1. The summed E-state index contributed by atoms with van der Waals surface area (Å²) in [5, 5.41) is 3.10. The molecule has 1 fully saturated rings. The summed E-state index contributed by atoms with van der Waals surface area (Å²) in [5.74, 6) is 0.752. The van der Waals surface area contributed by atoms with E-state index in [2.05, 4.69) is 19.2 Å². The van der Waals surface area contributed by atoms with Gasteiger partial charge in [-0.25, -0.2) is 0 Å². The molecule has 0 radical (unpaired) electrons. The number of likely N-dealkylation sites (N-methyl/N-ethyl adjacent to an activating group) is 1. The minimum Gasteiger partial charge on any atom is -0.378 e. The maximum absolute atomic E-state index is 12.1. The highest BCUT2D eigenvalue weighted by Crippen LogP contribution is 2.08. The SMILES string of the molecule is CNC(CC(C)C)C(=O)N1CCOCC1. The first-order valence-electron chi connectivity index (χ1n) is 5.69. The molecule has 1 N–H and O–H groups in total. The number of carbonyl (C=O) groups is 1. The molecule has 1 unspecified atom stereocenters. The summed E-state index contributed by atoms with van der Waals surface area (Å²) in [7, 11) is 1.85. The molecule has 4 heteroatoms. The van der Waals surface area contributed by atoms with Crippen molar-refractivity contribution in [2.45, 2.75) is 26.3 Å². The normalized spacial score (nSPS) is 19.3. The summed E-state index contributed by atoms with van der Waals surface area (Å²) in [6, 6.07) is -0.0388. The number of morpholine rings is 1. The minimum absolute atomic E-state index is 0.0388. The lowest BCUT2D eigenvalue weighted by Gasteiger charge is -2.30. The predicted molar refractivity (Wildman–Crippen MR) is 59.7 cm³/mol. The first-order valence-corrected chi connectivity index (χ1v) is 5.69. The van der Waals surface area contributed by atoms with Gasteiger partial charge in [-0.05, 0) is 19.4 Å². The monoisotopic (exact) mass is 214 g/mol. The van der Waals surface area contributed by atoms with Gasteiger partial charge in [-0.3, -0.25) is 4.79 Å². The van der Waals surface area contributed by atoms with Crippen LogP contribution in [0.25, 0.3) is 0 Å². The van der Waals surface area contributed by atoms with Gasteiger partial charge in [0.05, 0.1) is 19.3 Å². The molecule has 15 heavy (non-hydrogen) atoms. The van der Waals surface area contributed by atoms with Crippen molar-refractivity contribution in [1.29, 1.82) is 0 Å². The topological polar surface area (TPSA) is 41.6 Å². The Balaban J connectivity index is 2.47. The molecule has 1 heterocycles. The zero-order valence-corrected chi connectivity index (χ0v) is 9.95. The molecule has 1 aliphatic rings. The second-order valence-corrected chi connectivity index (χ2v) is 4.41. The van der Waals surface area contributed by atoms with E-state index < -0.39 is 0 Å². The lowest BCUT2D eigenvalue weighted by Crippen LogP contribution is -2.50. The van der Waals surface area contributed by atoms with E-state index in [0.717, 1.165) is 19.5 Å². The molecular weight excluding hydrogens is 192 g/mol. The Hall–Kier alpha value is -0.610. The molecule has 4 nitrogen and oxygen atoms in total. The van der Waals surface area contributed by atoms with Crippen LogP contribution < -0.4 is 5.32 Å². The van der Waals surface area contributed by atoms with E-state index in [1.54, 1.807) is 0 Å². The molecule has 1 atom stereocenters. The summed E-state index contributed by atoms with van der Waals surface area (Å²) in [4.78, 5) is 14.0. The number of hydrogen-bond acceptors (Lipinski definition) is 3. The molecule has 0 aromatic carbocycles. The van der Waals surface area contributed by atoms with Gasteiger partial charge in [0.1, 0.15) is 0 Å². The molecule has 0 aromatic rings. The molecule has 88 valence electrons. The van der Waals surface area contributed by atoms with Gasteiger partial charge in [0.25, 0.3) is 0 Å². The van der Waals surface area contributed by atoms with Crippen molar-refractivity contribution >= 4 is 5.91 Å². The van der Waals surface area contributed by atoms with Crippen LogP contribution in [0.1, 0.15) is 20.3 Å². The van der Waals surface area contributed by atoms with Crippen LogP contribution in [-0.2, 0) is 9.53 Å². The van der Waals surface area contributed by atoms with Crippen LogP contribution in [0.3, 0.4) is 0 Å². The van der Waals surface area contributed by atoms with Crippen LogP contribution in [0.15, 0.2) is 0 Å². The molecule has 1 rings (SSSR count). The van der Waals surface area contributed by atoms with Gasteiger partial charge in [-0.2, -0.15) is 0 Å². The van der Waals surface area contributed by atoms with Crippen molar-refractivity contribution < 1.29 is 9.53 Å². The number of amides is 1. The van der Waals surface area contributed by atoms with Gasteiger partial charge in [-0.15, -0.1) is 0 Å². The summed E-state index contributed by atoms with van der Waals surface area (Å²) in [6.45, 7) is 7.08. The Morgan fingerprint density at radius 1 is 1.40 bits per heavy atom. The van der Waals surface area contributed by atoms with Gasteiger partial charge in [-0.1, -0.05) is 13.8 Å². The Morgan fingerprint density at radius 3 is 2.47 bits per heavy atom. The van der Waals surface area contributed by atoms with Crippen LogP contribution in [0.5, 0.6) is 0 Å². The van der Waals surface area contributed by atoms with E-state index >= 15 is 0 Å². The quantitative estimate of drug-likeness (QED) is 0.740. The van der Waals surface area contributed by atoms with Crippen LogP contribution in [-0.4, -0.2) is 50.2 Å². The van der Waals surface area contributed by atoms with Crippen molar-refractivity contribution in [3.05, 3.63) is 0 Å². The summed E-state index contributed by atoms with van der Waals surface area (Å²) in [6.07, 6.45) is 0.896. The lowest BCUT2D eigenvalue weighted by molar-refractivity contribution is -0.137. The van der Waals surface area contributed by atoms with Crippen LogP contribution in [0.4, 0.5) is 0 Å². The fourth-order valence-electron chi connectivity index (χ4n) is 1.82. The Labute approximate surface area is 92.0 Å². The van der Waals surface area contributed by atoms with Crippen molar-refractivity contribution in [1.82, 2.24) is 10.2 Å². The highest BCUT2D eigenvalue weighted by molar-refractivity contribution is 5.81. The van der Waals surface area contributed by atoms with E-state index in [0.29, 0.717) is 19.1 Å². The van der Waals surface area contributed by atoms with E-state index in [1.807, 2.05) is 11.9 Å². The van der Waals surface area contributed by atoms with Gasteiger partial charge >= 0.3 is 0 Å². The average Bonchev–Trinajstić information content (AvgIpc) is 2.26. The zero-order chi connectivity index (χ0) is 11.3. The largest absolute Gasteiger partial charge is 0.378 e. The highest BCUT2D eigenvalue weighted by Gasteiger charge is 2.24. The van der Waals surface area contributed by atoms with Crippen molar-refractivity contribution in [2.75, 3.05) is 33.4 Å². The first kappa shape index (κ1) is 12.5. The van der Waals surface area contributed by atoms with Crippen molar-refractivity contribution in [3.63, 3.8) is 0 Å². The molecular formula is C11H22N2O2. The Bertz CT molecular complexity index is 201. The number of nitrogens with zero attached hydrogens (tertiary/aromatic N) is 1. The zero-order valence-electron chi connectivity index (χ0n) is 9.95. The molecule has 0 spiro atoms. The molecule has 0 aromatic heterocycles. The Kier molecular flexibility index (Phi) is 5.05. The van der Waals surface area contributed by atoms with Crippen LogP contribution >= 0.6 is 0 Å². The van der Waals surface area contributed by atoms with E-state index in [-0.39, 0.29) is 11.9 Å². The van der Waals surface area contributed by atoms with Gasteiger partial charge < -0.3 is 15.0 Å². The first-order chi connectivity index (χ1) is 7.15. The third kappa shape index (κ3) is 3.80. The molecule has 0 aliphatic carbocycles. The summed E-state index contributed by atoms with van der Waals surface area (Å²) in [5.41, 5.74) is 0. The van der Waals surface area contributed by atoms with Crippen LogP contribution in [0, 0.1) is 5.92 Å². The smallest absolute Gasteiger partial charge is 0.239 e. The van der Waals surface area contributed by atoms with Crippen molar-refractivity contribution in [3.8, 4) is 0 Å². The number of rotatable bonds is 4. The second-order valence-electron chi connectivity index (χ2n) is 4.41. The molecule has 1 aliphatic heterocycles. The summed E-state index contributed by atoms with van der Waals surface area (Å²) < 4.78 is 5.23. The third-order valence-electron chi connectivity index (χ3n) is 2.68. The number of nitrogens with one attached hydrogen (secondary N) is 1. The Morgan fingerprint density at radius 2 is 2.00 bits per heavy atom. The molecule has 1 amide bonds. The molecule has 0 bridgehead atoms. The van der Waals surface area contributed by atoms with E-state index in [1.165, 1.54) is 0 Å². The van der Waals surface area contributed by atoms with Gasteiger partial charge in [0.15, 0.2) is 0 Å². The number of carbonyl (C=O) groups excluding carboxylic acids is 1. The third-order valence-corrected chi connectivity index (χ3v) is 2.68. The highest BCUT2D eigenvalue weighted by atomic mass is 16.5. The standard InChI is InChI=1S/C11H22N2O2/c1-9(2)8-10(12-3)11(14)13-4-6-15-7-5-13/h9-10,12H,4-8H2,1-3H3. The number of hydrogen-bond donors (Lipinski definition) is 1. The van der Waals surface area contributed by atoms with Crippen molar-refractivity contribution in [2.24, 2.45) is 5.92 Å². The van der Waals surface area contributed by atoms with Crippen LogP contribution in [0.2, 0.25) is 0 Å². The average molecular weight is 214 g/mol. The molecule has 1 saturated heterocycles. The fourth-order valence-corrected chi connectivity index (χ4v) is 1.82. The van der Waals surface area contributed by atoms with Gasteiger partial charge in [0, 0.05) is 13.1 Å². The lowest BCUT2D eigenvalue weighted by atomic mass is 10.0. The van der Waals surface area contributed by atoms with E-state index in [9.17, 15) is 4.79 Å². The van der Waals surface area contributed by atoms with E-state index in [4.69, 9.17) is 4.74 Å². The second kappa shape index (κ2) is 6.08. The maximum atomic E-state index is 12.1. The molecule has 0 saturated carbocycles. The minimum atomic E-state index is -0.0388. The maximum Gasteiger partial charge on any atom is 0.239 e. The predicted octanol–water partition coefficient (Wildman–Crippen LogP) is 0.479. The summed E-state index contributed by atoms with van der Waals surface area (Å²) >= 11 is 0. The fraction of sp³-hybridized carbons (Fsp3) is 0.909. The van der Waals surface area contributed by atoms with Gasteiger partial charge in [0.2, 0.25) is 5.91 Å².